The lowest BCUT2D eigenvalue weighted by molar-refractivity contribution is 0.551. The minimum atomic E-state index is -3.36. The molecule has 1 heterocycles. The maximum atomic E-state index is 12.4. The van der Waals surface area contributed by atoms with Crippen LogP contribution in [0.3, 0.4) is 0 Å². The van der Waals surface area contributed by atoms with Gasteiger partial charge in [0.2, 0.25) is 10.0 Å². The van der Waals surface area contributed by atoms with Crippen LogP contribution in [0.2, 0.25) is 0 Å². The van der Waals surface area contributed by atoms with Crippen molar-refractivity contribution in [2.45, 2.75) is 50.1 Å². The van der Waals surface area contributed by atoms with Crippen LogP contribution in [0.25, 0.3) is 0 Å². The highest BCUT2D eigenvalue weighted by Crippen LogP contribution is 2.28. The zero-order valence-corrected chi connectivity index (χ0v) is 12.5. The summed E-state index contributed by atoms with van der Waals surface area (Å²) in [6.07, 6.45) is 4.17. The smallest absolute Gasteiger partial charge is 0.242 e. The average molecular weight is 288 g/mol. The van der Waals surface area contributed by atoms with E-state index >= 15 is 0 Å². The summed E-state index contributed by atoms with van der Waals surface area (Å²) in [5.74, 6) is 0. The van der Waals surface area contributed by atoms with E-state index in [0.717, 1.165) is 36.1 Å². The predicted octanol–water partition coefficient (Wildman–Crippen LogP) is 2.00. The van der Waals surface area contributed by atoms with Gasteiger partial charge in [0, 0.05) is 17.5 Å². The monoisotopic (exact) mass is 288 g/mol. The molecular formula is C12H20N2O2S2. The van der Waals surface area contributed by atoms with Crippen molar-refractivity contribution in [2.75, 3.05) is 7.05 Å². The zero-order chi connectivity index (χ0) is 13.2. The summed E-state index contributed by atoms with van der Waals surface area (Å²) < 4.78 is 27.7. The lowest BCUT2D eigenvalue weighted by atomic mass is 10.3. The summed E-state index contributed by atoms with van der Waals surface area (Å²) in [6.45, 7) is 2.46. The fourth-order valence-corrected chi connectivity index (χ4v) is 5.58. The molecule has 1 fully saturated rings. The molecular weight excluding hydrogens is 268 g/mol. The van der Waals surface area contributed by atoms with Crippen molar-refractivity contribution in [3.8, 4) is 0 Å². The molecule has 4 nitrogen and oxygen atoms in total. The summed E-state index contributed by atoms with van der Waals surface area (Å²) in [6, 6.07) is 0.122. The Kier molecular flexibility index (Phi) is 4.42. The van der Waals surface area contributed by atoms with Crippen LogP contribution >= 0.6 is 11.3 Å². The highest BCUT2D eigenvalue weighted by Gasteiger charge is 2.27. The summed E-state index contributed by atoms with van der Waals surface area (Å²) in [7, 11) is -1.53. The second kappa shape index (κ2) is 5.69. The largest absolute Gasteiger partial charge is 0.315 e. The van der Waals surface area contributed by atoms with Gasteiger partial charge in [-0.3, -0.25) is 0 Å². The number of thiophene rings is 1. The van der Waals surface area contributed by atoms with Crippen LogP contribution in [0.1, 0.15) is 36.1 Å². The Morgan fingerprint density at radius 3 is 2.67 bits per heavy atom. The number of aryl methyl sites for hydroxylation is 1. The highest BCUT2D eigenvalue weighted by atomic mass is 32.2. The first-order chi connectivity index (χ1) is 8.54. The molecule has 0 bridgehead atoms. The number of sulfonamides is 1. The number of rotatable bonds is 5. The quantitative estimate of drug-likeness (QED) is 0.871. The van der Waals surface area contributed by atoms with E-state index in [1.807, 2.05) is 19.4 Å². The Labute approximate surface area is 113 Å². The molecule has 2 N–H and O–H groups in total. The van der Waals surface area contributed by atoms with E-state index in [4.69, 9.17) is 0 Å². The molecule has 1 aliphatic carbocycles. The summed E-state index contributed by atoms with van der Waals surface area (Å²) in [4.78, 5) is 1.37. The maximum absolute atomic E-state index is 12.4. The molecule has 18 heavy (non-hydrogen) atoms. The van der Waals surface area contributed by atoms with Crippen LogP contribution < -0.4 is 10.0 Å². The van der Waals surface area contributed by atoms with Crippen molar-refractivity contribution >= 4 is 21.4 Å². The molecule has 0 spiro atoms. The van der Waals surface area contributed by atoms with Crippen LogP contribution in [0.5, 0.6) is 0 Å². The molecule has 0 unspecified atom stereocenters. The van der Waals surface area contributed by atoms with Crippen molar-refractivity contribution in [3.05, 3.63) is 15.8 Å². The van der Waals surface area contributed by atoms with E-state index in [2.05, 4.69) is 10.0 Å². The molecule has 0 aromatic carbocycles. The fourth-order valence-electron chi connectivity index (χ4n) is 2.45. The van der Waals surface area contributed by atoms with Gasteiger partial charge in [0.1, 0.15) is 4.90 Å². The topological polar surface area (TPSA) is 58.2 Å². The zero-order valence-electron chi connectivity index (χ0n) is 10.8. The first-order valence-electron chi connectivity index (χ1n) is 6.28. The summed E-state index contributed by atoms with van der Waals surface area (Å²) in [5, 5.41) is 4.93. The first kappa shape index (κ1) is 14.0. The molecule has 0 saturated heterocycles. The van der Waals surface area contributed by atoms with Crippen LogP contribution in [0.4, 0.5) is 0 Å². The second-order valence-corrected chi connectivity index (χ2v) is 7.42. The normalized spacial score (nSPS) is 17.4. The Morgan fingerprint density at radius 1 is 1.39 bits per heavy atom. The van der Waals surface area contributed by atoms with E-state index in [1.54, 1.807) is 0 Å². The van der Waals surface area contributed by atoms with Crippen molar-refractivity contribution in [3.63, 3.8) is 0 Å². The standard InChI is InChI=1S/C12H20N2O2S2/c1-9-8-17-11(7-13-2)12(9)18(15,16)14-10-5-3-4-6-10/h8,10,13-14H,3-7H2,1-2H3. The van der Waals surface area contributed by atoms with Crippen molar-refractivity contribution in [1.29, 1.82) is 0 Å². The van der Waals surface area contributed by atoms with Crippen molar-refractivity contribution < 1.29 is 8.42 Å². The van der Waals surface area contributed by atoms with Gasteiger partial charge >= 0.3 is 0 Å². The second-order valence-electron chi connectivity index (χ2n) is 4.80. The predicted molar refractivity (Wildman–Crippen MR) is 74.4 cm³/mol. The van der Waals surface area contributed by atoms with Gasteiger partial charge < -0.3 is 5.32 Å². The van der Waals surface area contributed by atoms with Crippen molar-refractivity contribution in [1.82, 2.24) is 10.0 Å². The Bertz CT molecular complexity index is 502. The van der Waals surface area contributed by atoms with E-state index in [-0.39, 0.29) is 6.04 Å². The van der Waals surface area contributed by atoms with Crippen LogP contribution in [0, 0.1) is 6.92 Å². The molecule has 6 heteroatoms. The third-order valence-electron chi connectivity index (χ3n) is 3.27. The van der Waals surface area contributed by atoms with Gasteiger partial charge in [0.25, 0.3) is 0 Å². The van der Waals surface area contributed by atoms with Crippen molar-refractivity contribution in [2.24, 2.45) is 0 Å². The SMILES string of the molecule is CNCc1scc(C)c1S(=O)(=O)NC1CCCC1. The maximum Gasteiger partial charge on any atom is 0.242 e. The lowest BCUT2D eigenvalue weighted by Crippen LogP contribution is -2.33. The first-order valence-corrected chi connectivity index (χ1v) is 8.65. The third kappa shape index (κ3) is 2.93. The molecule has 102 valence electrons. The number of hydrogen-bond donors (Lipinski definition) is 2. The molecule has 2 rings (SSSR count). The number of nitrogens with one attached hydrogen (secondary N) is 2. The molecule has 1 aliphatic rings. The molecule has 0 amide bonds. The summed E-state index contributed by atoms with van der Waals surface area (Å²) >= 11 is 1.50. The Balaban J connectivity index is 2.25. The Hall–Kier alpha value is -0.430. The van der Waals surface area contributed by atoms with Crippen LogP contribution in [-0.4, -0.2) is 21.5 Å². The van der Waals surface area contributed by atoms with Crippen LogP contribution in [-0.2, 0) is 16.6 Å². The van der Waals surface area contributed by atoms with Gasteiger partial charge in [-0.15, -0.1) is 11.3 Å². The van der Waals surface area contributed by atoms with Gasteiger partial charge in [-0.1, -0.05) is 12.8 Å². The van der Waals surface area contributed by atoms with Gasteiger partial charge in [-0.05, 0) is 37.8 Å². The van der Waals surface area contributed by atoms with E-state index in [9.17, 15) is 8.42 Å². The van der Waals surface area contributed by atoms with Crippen LogP contribution in [0.15, 0.2) is 10.3 Å². The van der Waals surface area contributed by atoms with Gasteiger partial charge in [0.05, 0.1) is 0 Å². The number of hydrogen-bond acceptors (Lipinski definition) is 4. The minimum absolute atomic E-state index is 0.122. The Morgan fingerprint density at radius 2 is 2.06 bits per heavy atom. The van der Waals surface area contributed by atoms with Gasteiger partial charge in [-0.25, -0.2) is 13.1 Å². The minimum Gasteiger partial charge on any atom is -0.315 e. The highest BCUT2D eigenvalue weighted by molar-refractivity contribution is 7.89. The third-order valence-corrected chi connectivity index (χ3v) is 6.26. The van der Waals surface area contributed by atoms with Gasteiger partial charge in [0.15, 0.2) is 0 Å². The van der Waals surface area contributed by atoms with E-state index in [0.29, 0.717) is 11.4 Å². The molecule has 1 aromatic heterocycles. The fraction of sp³-hybridized carbons (Fsp3) is 0.667. The van der Waals surface area contributed by atoms with E-state index < -0.39 is 10.0 Å². The molecule has 1 saturated carbocycles. The average Bonchev–Trinajstić information content (AvgIpc) is 2.89. The molecule has 1 aromatic rings. The summed E-state index contributed by atoms with van der Waals surface area (Å²) in [5.41, 5.74) is 0.843. The van der Waals surface area contributed by atoms with E-state index in [1.165, 1.54) is 11.3 Å². The molecule has 0 aliphatic heterocycles. The lowest BCUT2D eigenvalue weighted by Gasteiger charge is -2.13. The van der Waals surface area contributed by atoms with Gasteiger partial charge in [-0.2, -0.15) is 0 Å². The molecule has 0 radical (unpaired) electrons. The molecule has 0 atom stereocenters.